The van der Waals surface area contributed by atoms with E-state index < -0.39 is 67.7 Å². The van der Waals surface area contributed by atoms with E-state index in [-0.39, 0.29) is 31.9 Å². The lowest BCUT2D eigenvalue weighted by Crippen LogP contribution is -2.58. The molecule has 0 radical (unpaired) electrons. The first-order chi connectivity index (χ1) is 25.2. The molecular weight excluding hydrogens is 699 g/mol. The van der Waals surface area contributed by atoms with Gasteiger partial charge in [0.2, 0.25) is 21.8 Å². The number of amides is 4. The highest BCUT2D eigenvalue weighted by molar-refractivity contribution is 7.91. The van der Waals surface area contributed by atoms with Crippen molar-refractivity contribution in [2.24, 2.45) is 11.8 Å². The van der Waals surface area contributed by atoms with Crippen LogP contribution in [-0.4, -0.2) is 83.2 Å². The molecule has 1 aromatic heterocycles. The lowest BCUT2D eigenvalue weighted by Gasteiger charge is -2.36. The van der Waals surface area contributed by atoms with Crippen molar-refractivity contribution in [2.75, 3.05) is 13.2 Å². The zero-order valence-electron chi connectivity index (χ0n) is 31.0. The molecule has 13 nitrogen and oxygen atoms in total. The Balaban J connectivity index is 1.22. The predicted molar refractivity (Wildman–Crippen MR) is 197 cm³/mol. The minimum atomic E-state index is -3.97. The number of allylic oxidation sites excluding steroid dienone is 1. The quantitative estimate of drug-likeness (QED) is 0.363. The summed E-state index contributed by atoms with van der Waals surface area (Å²) in [6.07, 6.45) is 8.88. The number of carbonyl (C=O) groups is 4. The Bertz CT molecular complexity index is 1960. The Hall–Kier alpha value is -4.20. The largest absolute Gasteiger partial charge is 0.483 e. The van der Waals surface area contributed by atoms with Crippen LogP contribution >= 0.6 is 0 Å². The lowest BCUT2D eigenvalue weighted by molar-refractivity contribution is -0.141. The molecule has 286 valence electrons. The zero-order chi connectivity index (χ0) is 37.8. The number of ether oxygens (including phenoxy) is 2. The first-order valence-corrected chi connectivity index (χ1v) is 20.5. The van der Waals surface area contributed by atoms with E-state index in [0.29, 0.717) is 56.4 Å². The van der Waals surface area contributed by atoms with Crippen LogP contribution in [-0.2, 0) is 35.6 Å². The zero-order valence-corrected chi connectivity index (χ0v) is 31.9. The number of sulfonamides is 1. The highest BCUT2D eigenvalue weighted by Gasteiger charge is 2.64. The Kier molecular flexibility index (Phi) is 9.73. The molecule has 5 unspecified atom stereocenters. The standard InChI is InChI=1S/C39H51N5O8S/c1-24(2)22-51-36(48)41-30-15-9-7-5-6-8-12-26-20-39(26,35(47)43-53(49,50)37(4)18-19-37)42-33(45)31-21-38(23-44(31)34(30)46)17-16-28-27-13-10-11-14-29(27)40-25(3)32(28)52-38/h8,10-14,24,26,30-31H,5-7,9,15-23H2,1-4H3,(H,41,48)(H,42,45)(H,43,47). The van der Waals surface area contributed by atoms with Gasteiger partial charge in [-0.2, -0.15) is 0 Å². The third-order valence-electron chi connectivity index (χ3n) is 11.7. The normalized spacial score (nSPS) is 29.5. The van der Waals surface area contributed by atoms with Crippen molar-refractivity contribution in [1.82, 2.24) is 25.2 Å². The maximum absolute atomic E-state index is 14.6. The van der Waals surface area contributed by atoms with Gasteiger partial charge in [0.25, 0.3) is 5.91 Å². The molecule has 7 rings (SSSR count). The number of aromatic nitrogens is 1. The van der Waals surface area contributed by atoms with Crippen LogP contribution in [0.4, 0.5) is 4.79 Å². The molecule has 5 aliphatic rings. The summed E-state index contributed by atoms with van der Waals surface area (Å²) in [7, 11) is -3.97. The third kappa shape index (κ3) is 7.23. The van der Waals surface area contributed by atoms with Gasteiger partial charge < -0.3 is 25.0 Å². The number of pyridine rings is 1. The minimum Gasteiger partial charge on any atom is -0.483 e. The van der Waals surface area contributed by atoms with E-state index in [4.69, 9.17) is 14.5 Å². The first-order valence-electron chi connectivity index (χ1n) is 19.0. The highest BCUT2D eigenvalue weighted by atomic mass is 32.2. The van der Waals surface area contributed by atoms with E-state index in [1.807, 2.05) is 57.2 Å². The number of alkyl carbamates (subject to hydrolysis) is 1. The molecule has 5 atom stereocenters. The predicted octanol–water partition coefficient (Wildman–Crippen LogP) is 4.35. The maximum atomic E-state index is 14.6. The molecule has 3 fully saturated rings. The van der Waals surface area contributed by atoms with Crippen LogP contribution in [0, 0.1) is 18.8 Å². The van der Waals surface area contributed by atoms with Gasteiger partial charge in [-0.25, -0.2) is 18.2 Å². The fourth-order valence-corrected chi connectivity index (χ4v) is 9.38. The molecule has 14 heteroatoms. The van der Waals surface area contributed by atoms with Crippen molar-refractivity contribution in [3.05, 3.63) is 47.7 Å². The van der Waals surface area contributed by atoms with E-state index in [0.717, 1.165) is 29.3 Å². The fraction of sp³-hybridized carbons (Fsp3) is 0.615. The Labute approximate surface area is 311 Å². The Morgan fingerprint density at radius 3 is 2.64 bits per heavy atom. The van der Waals surface area contributed by atoms with Crippen molar-refractivity contribution in [3.8, 4) is 5.75 Å². The van der Waals surface area contributed by atoms with Gasteiger partial charge in [0.1, 0.15) is 29.0 Å². The SMILES string of the molecule is Cc1nc2ccccc2c2c1OC1(CC2)CC2C(=O)NC3(C(=O)NS(=O)(=O)C4(C)CC4)CC3C=CCCCCCC(NC(=O)OCC(C)C)C(=O)N2C1. The number of fused-ring (bicyclic) bond motifs is 5. The Morgan fingerprint density at radius 2 is 1.89 bits per heavy atom. The third-order valence-corrected chi connectivity index (χ3v) is 13.9. The first kappa shape index (κ1) is 37.1. The molecule has 4 amide bonds. The molecule has 1 saturated heterocycles. The number of para-hydroxylation sites is 1. The highest BCUT2D eigenvalue weighted by Crippen LogP contribution is 2.49. The summed E-state index contributed by atoms with van der Waals surface area (Å²) in [6.45, 7) is 7.60. The van der Waals surface area contributed by atoms with E-state index in [9.17, 15) is 27.6 Å². The summed E-state index contributed by atoms with van der Waals surface area (Å²) in [5.41, 5.74) is 0.161. The fourth-order valence-electron chi connectivity index (χ4n) is 8.07. The summed E-state index contributed by atoms with van der Waals surface area (Å²) in [5, 5.41) is 6.73. The minimum absolute atomic E-state index is 0.0735. The second kappa shape index (κ2) is 13.9. The number of carbonyl (C=O) groups excluding carboxylic acids is 4. The molecule has 0 bridgehead atoms. The number of nitrogens with one attached hydrogen (secondary N) is 3. The van der Waals surface area contributed by atoms with Gasteiger partial charge in [0.15, 0.2) is 0 Å². The van der Waals surface area contributed by atoms with Crippen molar-refractivity contribution in [3.63, 3.8) is 0 Å². The molecule has 2 saturated carbocycles. The number of hydrogen-bond donors (Lipinski definition) is 3. The number of rotatable bonds is 6. The van der Waals surface area contributed by atoms with Crippen LogP contribution in [0.3, 0.4) is 0 Å². The van der Waals surface area contributed by atoms with Gasteiger partial charge in [-0.1, -0.05) is 57.0 Å². The summed E-state index contributed by atoms with van der Waals surface area (Å²) in [5.74, 6) is -1.46. The summed E-state index contributed by atoms with van der Waals surface area (Å²) in [4.78, 5) is 62.3. The molecule has 1 aromatic carbocycles. The van der Waals surface area contributed by atoms with Crippen molar-refractivity contribution < 1.29 is 37.1 Å². The number of aryl methyl sites for hydroxylation is 2. The van der Waals surface area contributed by atoms with E-state index in [1.165, 1.54) is 4.90 Å². The number of nitrogens with zero attached hydrogens (tertiary/aromatic N) is 2. The van der Waals surface area contributed by atoms with Gasteiger partial charge in [-0.15, -0.1) is 0 Å². The molecule has 4 heterocycles. The van der Waals surface area contributed by atoms with Gasteiger partial charge in [-0.05, 0) is 77.2 Å². The van der Waals surface area contributed by atoms with Crippen LogP contribution < -0.4 is 20.1 Å². The van der Waals surface area contributed by atoms with Crippen molar-refractivity contribution >= 4 is 44.7 Å². The monoisotopic (exact) mass is 749 g/mol. The Morgan fingerprint density at radius 1 is 1.11 bits per heavy atom. The van der Waals surface area contributed by atoms with Crippen LogP contribution in [0.5, 0.6) is 5.75 Å². The second-order valence-electron chi connectivity index (χ2n) is 16.4. The van der Waals surface area contributed by atoms with Crippen LogP contribution in [0.2, 0.25) is 0 Å². The topological polar surface area (TPSA) is 173 Å². The number of hydrogen-bond acceptors (Lipinski definition) is 9. The van der Waals surface area contributed by atoms with Crippen LogP contribution in [0.1, 0.15) is 96.2 Å². The second-order valence-corrected chi connectivity index (χ2v) is 18.6. The molecule has 3 aliphatic heterocycles. The summed E-state index contributed by atoms with van der Waals surface area (Å²) < 4.78 is 39.9. The van der Waals surface area contributed by atoms with Gasteiger partial charge in [0, 0.05) is 23.3 Å². The molecular formula is C39H51N5O8S. The lowest BCUT2D eigenvalue weighted by atomic mass is 9.87. The van der Waals surface area contributed by atoms with Gasteiger partial charge >= 0.3 is 6.09 Å². The average Bonchev–Trinajstić information content (AvgIpc) is 4.01. The number of benzene rings is 1. The molecule has 1 spiro atoms. The van der Waals surface area contributed by atoms with Crippen LogP contribution in [0.25, 0.3) is 10.9 Å². The van der Waals surface area contributed by atoms with Crippen molar-refractivity contribution in [1.29, 1.82) is 0 Å². The molecule has 53 heavy (non-hydrogen) atoms. The molecule has 3 N–H and O–H groups in total. The molecule has 2 aliphatic carbocycles. The van der Waals surface area contributed by atoms with E-state index in [1.54, 1.807) is 6.92 Å². The molecule has 2 aromatic rings. The van der Waals surface area contributed by atoms with Gasteiger partial charge in [0.05, 0.1) is 29.1 Å². The van der Waals surface area contributed by atoms with Crippen molar-refractivity contribution in [2.45, 2.75) is 126 Å². The van der Waals surface area contributed by atoms with E-state index >= 15 is 0 Å². The van der Waals surface area contributed by atoms with Gasteiger partial charge in [-0.3, -0.25) is 19.1 Å². The average molecular weight is 750 g/mol. The summed E-state index contributed by atoms with van der Waals surface area (Å²) >= 11 is 0. The van der Waals surface area contributed by atoms with Crippen LogP contribution in [0.15, 0.2) is 36.4 Å². The summed E-state index contributed by atoms with van der Waals surface area (Å²) in [6, 6.07) is 5.86. The van der Waals surface area contributed by atoms with E-state index in [2.05, 4.69) is 15.4 Å². The smallest absolute Gasteiger partial charge is 0.407 e. The maximum Gasteiger partial charge on any atom is 0.407 e.